The van der Waals surface area contributed by atoms with E-state index in [2.05, 4.69) is 4.18 Å². The largest absolute Gasteiger partial charge is 0.534 e. The van der Waals surface area contributed by atoms with E-state index >= 15 is 0 Å². The minimum atomic E-state index is -6.24. The third kappa shape index (κ3) is 5.77. The Hall–Kier alpha value is -3.59. The highest BCUT2D eigenvalue weighted by atomic mass is 32.2. The zero-order valence-electron chi connectivity index (χ0n) is 22.2. The molecule has 0 aromatic heterocycles. The van der Waals surface area contributed by atoms with Gasteiger partial charge in [0.15, 0.2) is 11.5 Å². The van der Waals surface area contributed by atoms with E-state index in [1.165, 1.54) is 38.3 Å². The van der Waals surface area contributed by atoms with Crippen molar-refractivity contribution >= 4 is 32.2 Å². The summed E-state index contributed by atoms with van der Waals surface area (Å²) in [5, 5.41) is 0. The second-order valence-corrected chi connectivity index (χ2v) is 12.8. The Morgan fingerprint density at radius 3 is 2.22 bits per heavy atom. The summed E-state index contributed by atoms with van der Waals surface area (Å²) in [4.78, 5) is 24.6. The van der Waals surface area contributed by atoms with Gasteiger partial charge in [0.25, 0.3) is 0 Å². The molecule has 1 heterocycles. The van der Waals surface area contributed by atoms with Gasteiger partial charge >= 0.3 is 37.7 Å². The third-order valence-corrected chi connectivity index (χ3v) is 9.16. The molecule has 4 rings (SSSR count). The van der Waals surface area contributed by atoms with Crippen LogP contribution in [0.2, 0.25) is 0 Å². The molecule has 1 aliphatic carbocycles. The summed E-state index contributed by atoms with van der Waals surface area (Å²) in [6.07, 6.45) is -0.0836. The Bertz CT molecular complexity index is 1670. The van der Waals surface area contributed by atoms with Gasteiger partial charge in [-0.25, -0.2) is 4.79 Å². The van der Waals surface area contributed by atoms with Crippen LogP contribution in [0.3, 0.4) is 0 Å². The lowest BCUT2D eigenvalue weighted by Gasteiger charge is -2.21. The summed E-state index contributed by atoms with van der Waals surface area (Å²) in [6, 6.07) is 5.42. The molecule has 0 amide bonds. The summed E-state index contributed by atoms with van der Waals surface area (Å²) < 4.78 is 111. The molecule has 2 aromatic rings. The van der Waals surface area contributed by atoms with Gasteiger partial charge < -0.3 is 17.8 Å². The van der Waals surface area contributed by atoms with Crippen LogP contribution in [0, 0.1) is 19.8 Å². The Morgan fingerprint density at radius 1 is 1.00 bits per heavy atom. The summed E-state index contributed by atoms with van der Waals surface area (Å²) in [5.74, 6) is -3.76. The van der Waals surface area contributed by atoms with E-state index in [1.807, 2.05) is 0 Å². The van der Waals surface area contributed by atoms with Crippen LogP contribution in [0.15, 0.2) is 40.3 Å². The molecule has 1 atom stereocenters. The smallest absolute Gasteiger partial charge is 0.469 e. The van der Waals surface area contributed by atoms with Gasteiger partial charge in [0, 0.05) is 23.1 Å². The first-order valence-corrected chi connectivity index (χ1v) is 14.9. The number of halogens is 3. The first-order chi connectivity index (χ1) is 19.0. The number of hydrogen-bond acceptors (Lipinski definition) is 10. The van der Waals surface area contributed by atoms with Crippen molar-refractivity contribution < 1.29 is 57.4 Å². The Balaban J connectivity index is 1.96. The van der Waals surface area contributed by atoms with Gasteiger partial charge in [-0.2, -0.15) is 30.0 Å². The van der Waals surface area contributed by atoms with Crippen LogP contribution in [0.25, 0.3) is 0 Å². The van der Waals surface area contributed by atoms with Crippen LogP contribution in [0.1, 0.15) is 52.4 Å². The number of alkyl halides is 3. The number of benzene rings is 2. The summed E-state index contributed by atoms with van der Waals surface area (Å²) in [6.45, 7) is 4.10. The van der Waals surface area contributed by atoms with Crippen molar-refractivity contribution in [1.82, 2.24) is 0 Å². The number of esters is 2. The van der Waals surface area contributed by atoms with E-state index in [0.29, 0.717) is 11.1 Å². The molecule has 2 aromatic carbocycles. The number of ether oxygens (including phenoxy) is 2. The van der Waals surface area contributed by atoms with E-state index in [9.17, 15) is 39.6 Å². The van der Waals surface area contributed by atoms with Gasteiger partial charge in [0.05, 0.1) is 13.0 Å². The van der Waals surface area contributed by atoms with Crippen molar-refractivity contribution in [2.45, 2.75) is 57.0 Å². The Kier molecular flexibility index (Phi) is 7.90. The number of carbonyl (C=O) groups is 2. The van der Waals surface area contributed by atoms with Gasteiger partial charge in [-0.05, 0) is 45.7 Å². The molecule has 10 nitrogen and oxygen atoms in total. The standard InChI is InChI=1S/C26H25F3O10S2/c1-13-5-7-18(8-6-13)40(32,33)38-23-19(11-16-10-17(9-14(16)2)24(30)36-4)22(39-41(34,35)26(27,28)29)15(3)20-12-37-25(31)21(20)23/h5-8,17H,9-12H2,1-4H3. The zero-order valence-corrected chi connectivity index (χ0v) is 23.9. The van der Waals surface area contributed by atoms with Crippen LogP contribution in [0.5, 0.6) is 11.5 Å². The molecule has 1 aliphatic heterocycles. The van der Waals surface area contributed by atoms with Gasteiger partial charge in [-0.15, -0.1) is 0 Å². The van der Waals surface area contributed by atoms with Crippen LogP contribution < -0.4 is 8.37 Å². The second-order valence-electron chi connectivity index (χ2n) is 9.71. The molecule has 0 fully saturated rings. The van der Waals surface area contributed by atoms with Gasteiger partial charge in [0.2, 0.25) is 0 Å². The van der Waals surface area contributed by atoms with Gasteiger partial charge in [-0.3, -0.25) is 4.79 Å². The van der Waals surface area contributed by atoms with E-state index in [1.54, 1.807) is 13.8 Å². The molecule has 222 valence electrons. The van der Waals surface area contributed by atoms with Crippen LogP contribution in [0.4, 0.5) is 13.2 Å². The number of fused-ring (bicyclic) bond motifs is 1. The molecule has 0 saturated carbocycles. The van der Waals surface area contributed by atoms with Crippen LogP contribution >= 0.6 is 0 Å². The van der Waals surface area contributed by atoms with Crippen molar-refractivity contribution in [3.05, 3.63) is 63.2 Å². The molecule has 0 saturated heterocycles. The predicted octanol–water partition coefficient (Wildman–Crippen LogP) is 4.41. The first-order valence-electron chi connectivity index (χ1n) is 12.1. The lowest BCUT2D eigenvalue weighted by molar-refractivity contribution is -0.145. The van der Waals surface area contributed by atoms with E-state index in [4.69, 9.17) is 13.7 Å². The molecule has 0 N–H and O–H groups in total. The molecule has 0 bridgehead atoms. The van der Waals surface area contributed by atoms with E-state index in [0.717, 1.165) is 5.56 Å². The average Bonchev–Trinajstić information content (AvgIpc) is 3.45. The highest BCUT2D eigenvalue weighted by Gasteiger charge is 2.50. The molecule has 0 radical (unpaired) electrons. The monoisotopic (exact) mass is 618 g/mol. The molecular weight excluding hydrogens is 593 g/mol. The van der Waals surface area contributed by atoms with E-state index < -0.39 is 73.7 Å². The quantitative estimate of drug-likeness (QED) is 0.181. The number of aryl methyl sites for hydroxylation is 1. The number of rotatable bonds is 8. The maximum atomic E-state index is 13.4. The number of methoxy groups -OCH3 is 1. The van der Waals surface area contributed by atoms with Gasteiger partial charge in [0.1, 0.15) is 17.1 Å². The second kappa shape index (κ2) is 10.7. The topological polar surface area (TPSA) is 139 Å². The average molecular weight is 619 g/mol. The van der Waals surface area contributed by atoms with Crippen molar-refractivity contribution in [3.8, 4) is 11.5 Å². The molecule has 15 heteroatoms. The molecule has 41 heavy (non-hydrogen) atoms. The maximum absolute atomic E-state index is 13.4. The summed E-state index contributed by atoms with van der Waals surface area (Å²) in [7, 11) is -9.74. The predicted molar refractivity (Wildman–Crippen MR) is 136 cm³/mol. The maximum Gasteiger partial charge on any atom is 0.534 e. The SMILES string of the molecule is COC(=O)C1CC(C)=C(Cc2c(OS(=O)(=O)C(F)(F)F)c(C)c3c(c2OS(=O)(=O)c2ccc(C)cc2)C(=O)OC3)C1. The minimum Gasteiger partial charge on any atom is -0.469 e. The normalized spacial score (nSPS) is 17.3. The van der Waals surface area contributed by atoms with Crippen molar-refractivity contribution in [2.75, 3.05) is 7.11 Å². The third-order valence-electron chi connectivity index (χ3n) is 6.97. The Morgan fingerprint density at radius 2 is 1.63 bits per heavy atom. The molecular formula is C26H25F3O10S2. The molecule has 2 aliphatic rings. The fraction of sp³-hybridized carbons (Fsp3) is 0.385. The fourth-order valence-corrected chi connectivity index (χ4v) is 6.27. The highest BCUT2D eigenvalue weighted by molar-refractivity contribution is 7.88. The molecule has 1 unspecified atom stereocenters. The number of cyclic esters (lactones) is 1. The number of allylic oxidation sites excluding steroid dienone is 2. The summed E-state index contributed by atoms with van der Waals surface area (Å²) >= 11 is 0. The van der Waals surface area contributed by atoms with Crippen molar-refractivity contribution in [1.29, 1.82) is 0 Å². The highest BCUT2D eigenvalue weighted by Crippen LogP contribution is 2.47. The zero-order chi connectivity index (χ0) is 30.5. The van der Waals surface area contributed by atoms with Crippen molar-refractivity contribution in [2.24, 2.45) is 5.92 Å². The van der Waals surface area contributed by atoms with E-state index in [-0.39, 0.29) is 34.4 Å². The van der Waals surface area contributed by atoms with Gasteiger partial charge in [-0.1, -0.05) is 28.8 Å². The number of hydrogen-bond donors (Lipinski definition) is 0. The fourth-order valence-electron chi connectivity index (χ4n) is 4.76. The van der Waals surface area contributed by atoms with Crippen LogP contribution in [-0.2, 0) is 47.5 Å². The molecule has 0 spiro atoms. The lowest BCUT2D eigenvalue weighted by atomic mass is 9.92. The Labute approximate surface area is 234 Å². The first kappa shape index (κ1) is 30.4. The minimum absolute atomic E-state index is 0.0781. The lowest BCUT2D eigenvalue weighted by Crippen LogP contribution is -2.29. The van der Waals surface area contributed by atoms with Crippen LogP contribution in [-0.4, -0.2) is 41.4 Å². The summed E-state index contributed by atoms with van der Waals surface area (Å²) in [5.41, 5.74) is -5.10. The number of carbonyl (C=O) groups excluding carboxylic acids is 2. The van der Waals surface area contributed by atoms with Crippen molar-refractivity contribution in [3.63, 3.8) is 0 Å².